The minimum atomic E-state index is -1.28. The van der Waals surface area contributed by atoms with Gasteiger partial charge in [-0.05, 0) is 46.6 Å². The van der Waals surface area contributed by atoms with Crippen LogP contribution >= 0.6 is 0 Å². The number of hydrogen-bond acceptors (Lipinski definition) is 6. The lowest BCUT2D eigenvalue weighted by atomic mass is 9.69. The molecule has 2 N–H and O–H groups in total. The van der Waals surface area contributed by atoms with Crippen LogP contribution in [-0.4, -0.2) is 75.6 Å². The van der Waals surface area contributed by atoms with Crippen molar-refractivity contribution in [1.82, 2.24) is 9.80 Å². The molecule has 2 aliphatic rings. The number of nitrogens with zero attached hydrogens (tertiary/aromatic N) is 3. The van der Waals surface area contributed by atoms with Gasteiger partial charge in [0.15, 0.2) is 0 Å². The van der Waals surface area contributed by atoms with E-state index in [1.54, 1.807) is 20.8 Å². The predicted octanol–water partition coefficient (Wildman–Crippen LogP) is 2.40. The highest BCUT2D eigenvalue weighted by Crippen LogP contribution is 2.42. The number of ether oxygens (including phenoxy) is 1. The normalized spacial score (nSPS) is 23.8. The van der Waals surface area contributed by atoms with Crippen LogP contribution in [-0.2, 0) is 4.74 Å². The smallest absolute Gasteiger partial charge is 0.410 e. The Morgan fingerprint density at radius 2 is 1.69 bits per heavy atom. The number of piperidine rings is 1. The van der Waals surface area contributed by atoms with Gasteiger partial charge in [-0.2, -0.15) is 5.26 Å². The van der Waals surface area contributed by atoms with E-state index >= 15 is 0 Å². The SMILES string of the molecule is CC(C)(C)OC(=O)N1CC(O)(C2(C#N)CCCCN2CCO)C1.c1ccccc1. The highest BCUT2D eigenvalue weighted by molar-refractivity contribution is 5.70. The van der Waals surface area contributed by atoms with E-state index in [0.717, 1.165) is 12.8 Å². The second kappa shape index (κ2) is 9.57. The maximum Gasteiger partial charge on any atom is 0.410 e. The fraction of sp³-hybridized carbons (Fsp3) is 0.636. The van der Waals surface area contributed by atoms with E-state index in [4.69, 9.17) is 4.74 Å². The minimum absolute atomic E-state index is 0.0602. The average Bonchev–Trinajstić information content (AvgIpc) is 2.66. The monoisotopic (exact) mass is 403 g/mol. The zero-order valence-corrected chi connectivity index (χ0v) is 17.7. The summed E-state index contributed by atoms with van der Waals surface area (Å²) >= 11 is 0. The summed E-state index contributed by atoms with van der Waals surface area (Å²) in [6.45, 7) is 6.49. The number of benzene rings is 1. The van der Waals surface area contributed by atoms with Crippen molar-refractivity contribution < 1.29 is 19.7 Å². The maximum atomic E-state index is 12.1. The summed E-state index contributed by atoms with van der Waals surface area (Å²) in [5.74, 6) is 0. The number of aliphatic hydroxyl groups is 2. The number of β-amino-alcohol motifs (C(OH)–C–C–N with tert-alkyl or cyclic N) is 2. The summed E-state index contributed by atoms with van der Waals surface area (Å²) in [5, 5.41) is 30.0. The minimum Gasteiger partial charge on any atom is -0.444 e. The Bertz CT molecular complexity index is 664. The molecule has 0 radical (unpaired) electrons. The Kier molecular flexibility index (Phi) is 7.64. The van der Waals surface area contributed by atoms with Crippen LogP contribution in [0.3, 0.4) is 0 Å². The van der Waals surface area contributed by atoms with E-state index in [9.17, 15) is 20.3 Å². The molecule has 29 heavy (non-hydrogen) atoms. The topological polar surface area (TPSA) is 97.0 Å². The Balaban J connectivity index is 0.000000426. The van der Waals surface area contributed by atoms with Crippen molar-refractivity contribution in [3.63, 3.8) is 0 Å². The van der Waals surface area contributed by atoms with Gasteiger partial charge in [-0.25, -0.2) is 4.79 Å². The van der Waals surface area contributed by atoms with Gasteiger partial charge >= 0.3 is 6.09 Å². The maximum absolute atomic E-state index is 12.1. The molecule has 1 aromatic carbocycles. The van der Waals surface area contributed by atoms with E-state index in [-0.39, 0.29) is 19.7 Å². The van der Waals surface area contributed by atoms with E-state index in [0.29, 0.717) is 19.5 Å². The summed E-state index contributed by atoms with van der Waals surface area (Å²) in [6.07, 6.45) is 1.86. The van der Waals surface area contributed by atoms with Crippen LogP contribution in [0.15, 0.2) is 36.4 Å². The number of nitriles is 1. The molecule has 1 atom stereocenters. The third-order valence-corrected chi connectivity index (χ3v) is 5.30. The Morgan fingerprint density at radius 3 is 2.14 bits per heavy atom. The van der Waals surface area contributed by atoms with Crippen molar-refractivity contribution in [2.75, 3.05) is 32.8 Å². The quantitative estimate of drug-likeness (QED) is 0.804. The second-order valence-electron chi connectivity index (χ2n) is 8.66. The fourth-order valence-corrected chi connectivity index (χ4v) is 3.90. The molecule has 0 aliphatic carbocycles. The summed E-state index contributed by atoms with van der Waals surface area (Å²) < 4.78 is 5.30. The van der Waals surface area contributed by atoms with E-state index < -0.39 is 22.8 Å². The van der Waals surface area contributed by atoms with Crippen molar-refractivity contribution in [3.05, 3.63) is 36.4 Å². The zero-order valence-electron chi connectivity index (χ0n) is 17.7. The first kappa shape index (κ1) is 23.1. The molecule has 7 heteroatoms. The summed E-state index contributed by atoms with van der Waals surface area (Å²) in [5.41, 5.74) is -2.92. The molecule has 0 saturated carbocycles. The van der Waals surface area contributed by atoms with Gasteiger partial charge in [0, 0.05) is 6.54 Å². The first-order valence-electron chi connectivity index (χ1n) is 10.1. The molecular formula is C22H33N3O4. The van der Waals surface area contributed by atoms with Crippen molar-refractivity contribution >= 4 is 6.09 Å². The zero-order chi connectivity index (χ0) is 21.5. The molecule has 0 bridgehead atoms. The molecule has 2 saturated heterocycles. The first-order chi connectivity index (χ1) is 13.7. The van der Waals surface area contributed by atoms with Gasteiger partial charge in [0.05, 0.1) is 25.8 Å². The van der Waals surface area contributed by atoms with Crippen molar-refractivity contribution in [2.24, 2.45) is 0 Å². The molecule has 2 fully saturated rings. The molecular weight excluding hydrogens is 370 g/mol. The number of carbonyl (C=O) groups excluding carboxylic acids is 1. The van der Waals surface area contributed by atoms with Crippen LogP contribution < -0.4 is 0 Å². The predicted molar refractivity (Wildman–Crippen MR) is 110 cm³/mol. The molecule has 0 spiro atoms. The van der Waals surface area contributed by atoms with Crippen molar-refractivity contribution in [1.29, 1.82) is 5.26 Å². The highest BCUT2D eigenvalue weighted by Gasteiger charge is 2.62. The molecule has 1 aromatic rings. The lowest BCUT2D eigenvalue weighted by Gasteiger charge is -2.58. The third kappa shape index (κ3) is 5.47. The lowest BCUT2D eigenvalue weighted by molar-refractivity contribution is -0.176. The van der Waals surface area contributed by atoms with Crippen LogP contribution in [0.4, 0.5) is 4.79 Å². The largest absolute Gasteiger partial charge is 0.444 e. The second-order valence-corrected chi connectivity index (χ2v) is 8.66. The van der Waals surface area contributed by atoms with Gasteiger partial charge < -0.3 is 19.8 Å². The van der Waals surface area contributed by atoms with Crippen LogP contribution in [0.25, 0.3) is 0 Å². The van der Waals surface area contributed by atoms with Gasteiger partial charge in [0.25, 0.3) is 0 Å². The summed E-state index contributed by atoms with van der Waals surface area (Å²) in [7, 11) is 0. The number of hydrogen-bond donors (Lipinski definition) is 2. The van der Waals surface area contributed by atoms with Crippen LogP contribution in [0, 0.1) is 11.3 Å². The van der Waals surface area contributed by atoms with Crippen LogP contribution in [0.1, 0.15) is 40.0 Å². The van der Waals surface area contributed by atoms with Gasteiger partial charge in [-0.3, -0.25) is 4.90 Å². The number of likely N-dealkylation sites (tertiary alicyclic amines) is 2. The number of rotatable bonds is 3. The van der Waals surface area contributed by atoms with Crippen molar-refractivity contribution in [2.45, 2.75) is 56.8 Å². The third-order valence-electron chi connectivity index (χ3n) is 5.30. The Labute approximate surface area is 173 Å². The molecule has 160 valence electrons. The standard InChI is InChI=1S/C16H27N3O4.C6H6/c1-14(2,3)23-13(21)18-11-16(22,12-18)15(10-17)6-4-5-7-19(15)8-9-20;1-2-4-6-5-3-1/h20,22H,4-9,11-12H2,1-3H3;1-6H. The molecule has 2 heterocycles. The molecule has 1 amide bonds. The highest BCUT2D eigenvalue weighted by atomic mass is 16.6. The number of amides is 1. The molecule has 1 unspecified atom stereocenters. The van der Waals surface area contributed by atoms with Crippen LogP contribution in [0.5, 0.6) is 0 Å². The molecule has 7 nitrogen and oxygen atoms in total. The average molecular weight is 404 g/mol. The van der Waals surface area contributed by atoms with Gasteiger partial charge in [0.1, 0.15) is 16.7 Å². The number of carbonyl (C=O) groups is 1. The molecule has 3 rings (SSSR count). The van der Waals surface area contributed by atoms with Gasteiger partial charge in [0.2, 0.25) is 0 Å². The fourth-order valence-electron chi connectivity index (χ4n) is 3.90. The lowest BCUT2D eigenvalue weighted by Crippen LogP contribution is -2.78. The van der Waals surface area contributed by atoms with Crippen LogP contribution in [0.2, 0.25) is 0 Å². The molecule has 2 aliphatic heterocycles. The summed E-state index contributed by atoms with van der Waals surface area (Å²) in [4.78, 5) is 15.4. The van der Waals surface area contributed by atoms with E-state index in [1.807, 2.05) is 41.3 Å². The van der Waals surface area contributed by atoms with Gasteiger partial charge in [-0.1, -0.05) is 36.4 Å². The summed E-state index contributed by atoms with van der Waals surface area (Å²) in [6, 6.07) is 14.3. The van der Waals surface area contributed by atoms with Crippen molar-refractivity contribution in [3.8, 4) is 6.07 Å². The van der Waals surface area contributed by atoms with E-state index in [1.165, 1.54) is 4.90 Å². The van der Waals surface area contributed by atoms with Gasteiger partial charge in [-0.15, -0.1) is 0 Å². The van der Waals surface area contributed by atoms with E-state index in [2.05, 4.69) is 6.07 Å². The number of aliphatic hydroxyl groups excluding tert-OH is 1. The Morgan fingerprint density at radius 1 is 1.14 bits per heavy atom. The molecule has 0 aromatic heterocycles. The first-order valence-corrected chi connectivity index (χ1v) is 10.1. The Hall–Kier alpha value is -2.14.